The van der Waals surface area contributed by atoms with Gasteiger partial charge in [-0.15, -0.1) is 0 Å². The molecule has 0 atom stereocenters. The molecule has 0 unspecified atom stereocenters. The summed E-state index contributed by atoms with van der Waals surface area (Å²) in [5.41, 5.74) is 8.11. The zero-order valence-electron chi connectivity index (χ0n) is 14.0. The van der Waals surface area contributed by atoms with Gasteiger partial charge in [-0.3, -0.25) is 0 Å². The minimum Gasteiger partial charge on any atom is -0.436 e. The van der Waals surface area contributed by atoms with Crippen molar-refractivity contribution in [2.75, 3.05) is 11.9 Å². The number of anilines is 1. The molecule has 4 rings (SSSR count). The number of oxazole rings is 1. The quantitative estimate of drug-likeness (QED) is 0.668. The molecule has 0 radical (unpaired) electrons. The lowest BCUT2D eigenvalue weighted by atomic mass is 9.80. The third-order valence-electron chi connectivity index (χ3n) is 4.64. The number of fused-ring (bicyclic) bond motifs is 1. The minimum atomic E-state index is -0.313. The standard InChI is InChI=1S/C19H19FN4O2/c20-13-3-1-12(2-4-13)18-24-16-6-5-14(9-17(16)26-18)22-19(25)23-15-7-11(8-15)10-21/h1-6,9,11,15H,7-8,10,21H2,(H2,22,23,25). The van der Waals surface area contributed by atoms with E-state index in [9.17, 15) is 9.18 Å². The molecule has 1 aliphatic rings. The highest BCUT2D eigenvalue weighted by molar-refractivity contribution is 5.92. The number of benzene rings is 2. The molecule has 0 aliphatic heterocycles. The lowest BCUT2D eigenvalue weighted by Gasteiger charge is -2.34. The first-order valence-corrected chi connectivity index (χ1v) is 8.55. The van der Waals surface area contributed by atoms with Gasteiger partial charge in [0.05, 0.1) is 0 Å². The van der Waals surface area contributed by atoms with Crippen LogP contribution in [0.3, 0.4) is 0 Å². The smallest absolute Gasteiger partial charge is 0.319 e. The molecule has 0 bridgehead atoms. The molecule has 1 heterocycles. The zero-order chi connectivity index (χ0) is 18.1. The predicted molar refractivity (Wildman–Crippen MR) is 97.1 cm³/mol. The van der Waals surface area contributed by atoms with Crippen molar-refractivity contribution in [3.63, 3.8) is 0 Å². The van der Waals surface area contributed by atoms with E-state index in [4.69, 9.17) is 10.2 Å². The molecule has 6 nitrogen and oxygen atoms in total. The maximum atomic E-state index is 13.0. The van der Waals surface area contributed by atoms with Crippen molar-refractivity contribution in [3.05, 3.63) is 48.3 Å². The number of amides is 2. The summed E-state index contributed by atoms with van der Waals surface area (Å²) in [6.45, 7) is 0.665. The molecule has 26 heavy (non-hydrogen) atoms. The van der Waals surface area contributed by atoms with Gasteiger partial charge in [-0.1, -0.05) is 0 Å². The number of hydrogen-bond acceptors (Lipinski definition) is 4. The van der Waals surface area contributed by atoms with Gasteiger partial charge in [-0.25, -0.2) is 14.2 Å². The van der Waals surface area contributed by atoms with Gasteiger partial charge >= 0.3 is 6.03 Å². The molecule has 3 aromatic rings. The van der Waals surface area contributed by atoms with Crippen molar-refractivity contribution in [1.82, 2.24) is 10.3 Å². The average Bonchev–Trinajstić information content (AvgIpc) is 3.01. The molecule has 2 aromatic carbocycles. The number of hydrogen-bond donors (Lipinski definition) is 3. The average molecular weight is 354 g/mol. The third kappa shape index (κ3) is 3.39. The van der Waals surface area contributed by atoms with Crippen LogP contribution in [-0.2, 0) is 0 Å². The van der Waals surface area contributed by atoms with E-state index < -0.39 is 0 Å². The van der Waals surface area contributed by atoms with Gasteiger partial charge in [0, 0.05) is 23.4 Å². The molecule has 7 heteroatoms. The Hall–Kier alpha value is -2.93. The van der Waals surface area contributed by atoms with E-state index in [2.05, 4.69) is 15.6 Å². The number of carbonyl (C=O) groups excluding carboxylic acids is 1. The molecule has 0 spiro atoms. The van der Waals surface area contributed by atoms with Crippen LogP contribution < -0.4 is 16.4 Å². The van der Waals surface area contributed by atoms with Crippen molar-refractivity contribution < 1.29 is 13.6 Å². The Labute approximate surface area is 149 Å². The number of nitrogens with two attached hydrogens (primary N) is 1. The van der Waals surface area contributed by atoms with Gasteiger partial charge in [-0.05, 0) is 61.7 Å². The van der Waals surface area contributed by atoms with Gasteiger partial charge in [-0.2, -0.15) is 0 Å². The van der Waals surface area contributed by atoms with E-state index in [1.807, 2.05) is 0 Å². The monoisotopic (exact) mass is 354 g/mol. The second-order valence-corrected chi connectivity index (χ2v) is 6.58. The largest absolute Gasteiger partial charge is 0.436 e. The Bertz CT molecular complexity index is 932. The number of halogens is 1. The highest BCUT2D eigenvalue weighted by Gasteiger charge is 2.28. The molecule has 1 aromatic heterocycles. The fraction of sp³-hybridized carbons (Fsp3) is 0.263. The SMILES string of the molecule is NCC1CC(NC(=O)Nc2ccc3nc(-c4ccc(F)cc4)oc3c2)C1. The van der Waals surface area contributed by atoms with E-state index in [1.54, 1.807) is 30.3 Å². The second kappa shape index (κ2) is 6.76. The number of urea groups is 1. The Morgan fingerprint density at radius 2 is 2.00 bits per heavy atom. The van der Waals surface area contributed by atoms with Crippen molar-refractivity contribution in [1.29, 1.82) is 0 Å². The zero-order valence-corrected chi connectivity index (χ0v) is 14.0. The Kier molecular flexibility index (Phi) is 4.30. The molecule has 1 aliphatic carbocycles. The Morgan fingerprint density at radius 3 is 2.73 bits per heavy atom. The summed E-state index contributed by atoms with van der Waals surface area (Å²) < 4.78 is 18.8. The summed E-state index contributed by atoms with van der Waals surface area (Å²) in [7, 11) is 0. The van der Waals surface area contributed by atoms with Crippen molar-refractivity contribution in [2.24, 2.45) is 11.7 Å². The number of rotatable bonds is 4. The molecule has 0 saturated heterocycles. The minimum absolute atomic E-state index is 0.183. The van der Waals surface area contributed by atoms with Crippen LogP contribution in [0.2, 0.25) is 0 Å². The summed E-state index contributed by atoms with van der Waals surface area (Å²) in [6, 6.07) is 11.1. The van der Waals surface area contributed by atoms with Crippen LogP contribution in [-0.4, -0.2) is 23.6 Å². The van der Waals surface area contributed by atoms with Gasteiger partial charge < -0.3 is 20.8 Å². The fourth-order valence-corrected chi connectivity index (χ4v) is 3.12. The van der Waals surface area contributed by atoms with E-state index >= 15 is 0 Å². The molecule has 134 valence electrons. The summed E-state index contributed by atoms with van der Waals surface area (Å²) in [6.07, 6.45) is 1.85. The van der Waals surface area contributed by atoms with Gasteiger partial charge in [0.25, 0.3) is 0 Å². The van der Waals surface area contributed by atoms with Gasteiger partial charge in [0.15, 0.2) is 5.58 Å². The highest BCUT2D eigenvalue weighted by atomic mass is 19.1. The van der Waals surface area contributed by atoms with Crippen molar-refractivity contribution in [2.45, 2.75) is 18.9 Å². The molecule has 4 N–H and O–H groups in total. The highest BCUT2D eigenvalue weighted by Crippen LogP contribution is 2.27. The third-order valence-corrected chi connectivity index (χ3v) is 4.64. The van der Waals surface area contributed by atoms with Crippen LogP contribution in [0.5, 0.6) is 0 Å². The molecular weight excluding hydrogens is 335 g/mol. The fourth-order valence-electron chi connectivity index (χ4n) is 3.12. The maximum Gasteiger partial charge on any atom is 0.319 e. The first kappa shape index (κ1) is 16.5. The summed E-state index contributed by atoms with van der Waals surface area (Å²) in [5.74, 6) is 0.603. The predicted octanol–water partition coefficient (Wildman–Crippen LogP) is 3.49. The van der Waals surface area contributed by atoms with E-state index in [0.29, 0.717) is 40.7 Å². The summed E-state index contributed by atoms with van der Waals surface area (Å²) in [4.78, 5) is 16.5. The van der Waals surface area contributed by atoms with Crippen LogP contribution in [0.4, 0.5) is 14.9 Å². The van der Waals surface area contributed by atoms with Crippen LogP contribution in [0.1, 0.15) is 12.8 Å². The van der Waals surface area contributed by atoms with E-state index in [0.717, 1.165) is 12.8 Å². The number of nitrogens with zero attached hydrogens (tertiary/aromatic N) is 1. The summed E-state index contributed by atoms with van der Waals surface area (Å²) in [5, 5.41) is 5.73. The van der Waals surface area contributed by atoms with Gasteiger partial charge in [0.2, 0.25) is 5.89 Å². The number of aromatic nitrogens is 1. The van der Waals surface area contributed by atoms with Crippen LogP contribution in [0.15, 0.2) is 46.9 Å². The molecule has 1 saturated carbocycles. The second-order valence-electron chi connectivity index (χ2n) is 6.58. The van der Waals surface area contributed by atoms with Gasteiger partial charge in [0.1, 0.15) is 11.3 Å². The van der Waals surface area contributed by atoms with Crippen LogP contribution in [0.25, 0.3) is 22.6 Å². The molecular formula is C19H19FN4O2. The lowest BCUT2D eigenvalue weighted by molar-refractivity contribution is 0.214. The van der Waals surface area contributed by atoms with Crippen molar-refractivity contribution >= 4 is 22.8 Å². The summed E-state index contributed by atoms with van der Waals surface area (Å²) >= 11 is 0. The number of carbonyl (C=O) groups is 1. The first-order chi connectivity index (χ1) is 12.6. The first-order valence-electron chi connectivity index (χ1n) is 8.55. The normalized spacial score (nSPS) is 19.2. The van der Waals surface area contributed by atoms with Crippen molar-refractivity contribution in [3.8, 4) is 11.5 Å². The Morgan fingerprint density at radius 1 is 1.23 bits per heavy atom. The van der Waals surface area contributed by atoms with Crippen LogP contribution in [0, 0.1) is 11.7 Å². The topological polar surface area (TPSA) is 93.2 Å². The van der Waals surface area contributed by atoms with Crippen LogP contribution >= 0.6 is 0 Å². The molecule has 1 fully saturated rings. The Balaban J connectivity index is 1.45. The van der Waals surface area contributed by atoms with E-state index in [-0.39, 0.29) is 17.9 Å². The number of nitrogens with one attached hydrogen (secondary N) is 2. The molecule has 2 amide bonds. The van der Waals surface area contributed by atoms with E-state index in [1.165, 1.54) is 12.1 Å². The maximum absolute atomic E-state index is 13.0. The lowest BCUT2D eigenvalue weighted by Crippen LogP contribution is -2.47.